The number of benzene rings is 1. The SMILES string of the molecule is Cc1cc(C)c2[nH]c(=O)c([C@@H](c3nnnn3C[C@@H]3CCCO3)N3CCN(C4CCCCC4)CC3)cc2c1. The van der Waals surface area contributed by atoms with Crippen molar-refractivity contribution in [3.8, 4) is 0 Å². The number of hydrogen-bond acceptors (Lipinski definition) is 7. The predicted octanol–water partition coefficient (Wildman–Crippen LogP) is 3.35. The molecule has 2 saturated heterocycles. The molecule has 2 aromatic heterocycles. The average Bonchev–Trinajstić information content (AvgIpc) is 3.59. The first kappa shape index (κ1) is 24.7. The van der Waals surface area contributed by atoms with E-state index in [0.29, 0.717) is 18.2 Å². The number of nitrogens with zero attached hydrogens (tertiary/aromatic N) is 6. The first-order valence-electron chi connectivity index (χ1n) is 14.1. The van der Waals surface area contributed by atoms with Crippen LogP contribution >= 0.6 is 0 Å². The van der Waals surface area contributed by atoms with E-state index >= 15 is 0 Å². The largest absolute Gasteiger partial charge is 0.376 e. The highest BCUT2D eigenvalue weighted by atomic mass is 16.5. The van der Waals surface area contributed by atoms with E-state index in [1.54, 1.807) is 0 Å². The highest BCUT2D eigenvalue weighted by Gasteiger charge is 2.35. The number of H-pyrrole nitrogens is 1. The van der Waals surface area contributed by atoms with Crippen LogP contribution in [0.5, 0.6) is 0 Å². The zero-order valence-electron chi connectivity index (χ0n) is 22.2. The summed E-state index contributed by atoms with van der Waals surface area (Å²) in [6, 6.07) is 6.72. The molecule has 1 N–H and O–H groups in total. The van der Waals surface area contributed by atoms with Gasteiger partial charge in [-0.2, -0.15) is 0 Å². The van der Waals surface area contributed by atoms with Crippen molar-refractivity contribution in [1.29, 1.82) is 0 Å². The first-order chi connectivity index (χ1) is 18.1. The molecular formula is C28H39N7O2. The summed E-state index contributed by atoms with van der Waals surface area (Å²) < 4.78 is 7.77. The molecule has 4 heterocycles. The van der Waals surface area contributed by atoms with Gasteiger partial charge in [-0.25, -0.2) is 4.68 Å². The van der Waals surface area contributed by atoms with Crippen LogP contribution in [0.15, 0.2) is 23.0 Å². The molecule has 6 rings (SSSR count). The molecule has 198 valence electrons. The molecule has 0 radical (unpaired) electrons. The van der Waals surface area contributed by atoms with Gasteiger partial charge in [-0.1, -0.05) is 30.9 Å². The van der Waals surface area contributed by atoms with Gasteiger partial charge in [0, 0.05) is 44.4 Å². The van der Waals surface area contributed by atoms with Gasteiger partial charge in [0.25, 0.3) is 5.56 Å². The summed E-state index contributed by atoms with van der Waals surface area (Å²) in [6.45, 7) is 9.35. The zero-order valence-corrected chi connectivity index (χ0v) is 22.2. The Bertz CT molecular complexity index is 1280. The zero-order chi connectivity index (χ0) is 25.4. The molecule has 0 unspecified atom stereocenters. The summed E-state index contributed by atoms with van der Waals surface area (Å²) in [5.41, 5.74) is 3.82. The fourth-order valence-corrected chi connectivity index (χ4v) is 6.73. The molecule has 1 aromatic carbocycles. The van der Waals surface area contributed by atoms with Crippen molar-refractivity contribution in [2.75, 3.05) is 32.8 Å². The van der Waals surface area contributed by atoms with Gasteiger partial charge in [0.05, 0.1) is 18.2 Å². The second-order valence-corrected chi connectivity index (χ2v) is 11.2. The van der Waals surface area contributed by atoms with Crippen molar-refractivity contribution in [3.63, 3.8) is 0 Å². The summed E-state index contributed by atoms with van der Waals surface area (Å²) in [5.74, 6) is 0.732. The van der Waals surface area contributed by atoms with Gasteiger partial charge < -0.3 is 9.72 Å². The van der Waals surface area contributed by atoms with Crippen molar-refractivity contribution in [2.45, 2.75) is 83.5 Å². The average molecular weight is 506 g/mol. The summed E-state index contributed by atoms with van der Waals surface area (Å²) in [4.78, 5) is 21.9. The number of aromatic nitrogens is 5. The van der Waals surface area contributed by atoms with E-state index < -0.39 is 0 Å². The van der Waals surface area contributed by atoms with Crippen LogP contribution in [-0.4, -0.2) is 79.9 Å². The van der Waals surface area contributed by atoms with Crippen LogP contribution in [0.4, 0.5) is 0 Å². The van der Waals surface area contributed by atoms with Crippen molar-refractivity contribution >= 4 is 10.9 Å². The maximum atomic E-state index is 13.6. The normalized spacial score (nSPS) is 23.1. The number of rotatable bonds is 6. The van der Waals surface area contributed by atoms with Crippen LogP contribution in [0, 0.1) is 13.8 Å². The molecule has 1 saturated carbocycles. The van der Waals surface area contributed by atoms with Gasteiger partial charge in [-0.15, -0.1) is 5.10 Å². The quantitative estimate of drug-likeness (QED) is 0.549. The Kier molecular flexibility index (Phi) is 7.10. The number of fused-ring (bicyclic) bond motifs is 1. The molecule has 0 bridgehead atoms. The van der Waals surface area contributed by atoms with Gasteiger partial charge in [0.15, 0.2) is 5.82 Å². The number of hydrogen-bond donors (Lipinski definition) is 1. The van der Waals surface area contributed by atoms with Crippen LogP contribution in [0.3, 0.4) is 0 Å². The summed E-state index contributed by atoms with van der Waals surface area (Å²) in [5, 5.41) is 14.0. The highest BCUT2D eigenvalue weighted by molar-refractivity contribution is 5.83. The molecule has 3 aliphatic rings. The van der Waals surface area contributed by atoms with E-state index in [2.05, 4.69) is 62.4 Å². The van der Waals surface area contributed by atoms with Crippen LogP contribution in [-0.2, 0) is 11.3 Å². The third-order valence-corrected chi connectivity index (χ3v) is 8.63. The van der Waals surface area contributed by atoms with E-state index in [0.717, 1.165) is 67.9 Å². The Hall–Kier alpha value is -2.62. The van der Waals surface area contributed by atoms with Gasteiger partial charge >= 0.3 is 0 Å². The Morgan fingerprint density at radius 3 is 2.59 bits per heavy atom. The van der Waals surface area contributed by atoms with E-state index in [1.165, 1.54) is 37.7 Å². The Morgan fingerprint density at radius 1 is 1.03 bits per heavy atom. The molecule has 0 amide bonds. The molecule has 3 aromatic rings. The molecular weight excluding hydrogens is 466 g/mol. The number of ether oxygens (including phenoxy) is 1. The lowest BCUT2D eigenvalue weighted by Gasteiger charge is -2.43. The molecule has 2 aliphatic heterocycles. The number of pyridine rings is 1. The molecule has 37 heavy (non-hydrogen) atoms. The van der Waals surface area contributed by atoms with Crippen LogP contribution < -0.4 is 5.56 Å². The smallest absolute Gasteiger partial charge is 0.253 e. The fourth-order valence-electron chi connectivity index (χ4n) is 6.73. The number of aromatic amines is 1. The van der Waals surface area contributed by atoms with E-state index in [4.69, 9.17) is 4.74 Å². The third kappa shape index (κ3) is 5.09. The molecule has 2 atom stereocenters. The second kappa shape index (κ2) is 10.6. The van der Waals surface area contributed by atoms with Crippen LogP contribution in [0.1, 0.15) is 73.5 Å². The van der Waals surface area contributed by atoms with Gasteiger partial charge in [-0.05, 0) is 73.0 Å². The molecule has 3 fully saturated rings. The Balaban J connectivity index is 1.36. The second-order valence-electron chi connectivity index (χ2n) is 11.2. The minimum absolute atomic E-state index is 0.0640. The van der Waals surface area contributed by atoms with Crippen molar-refractivity contribution in [3.05, 3.63) is 51.1 Å². The fraction of sp³-hybridized carbons (Fsp3) is 0.643. The number of aryl methyl sites for hydroxylation is 2. The molecule has 1 aliphatic carbocycles. The summed E-state index contributed by atoms with van der Waals surface area (Å²) >= 11 is 0. The topological polar surface area (TPSA) is 92.2 Å². The van der Waals surface area contributed by atoms with Crippen LogP contribution in [0.2, 0.25) is 0 Å². The third-order valence-electron chi connectivity index (χ3n) is 8.63. The Labute approximate surface area is 218 Å². The van der Waals surface area contributed by atoms with E-state index in [1.807, 2.05) is 4.68 Å². The maximum Gasteiger partial charge on any atom is 0.253 e. The summed E-state index contributed by atoms with van der Waals surface area (Å²) in [6.07, 6.45) is 8.88. The van der Waals surface area contributed by atoms with Gasteiger partial charge in [0.2, 0.25) is 0 Å². The van der Waals surface area contributed by atoms with E-state index in [-0.39, 0.29) is 17.7 Å². The highest BCUT2D eigenvalue weighted by Crippen LogP contribution is 2.31. The predicted molar refractivity (Wildman–Crippen MR) is 143 cm³/mol. The molecule has 9 heteroatoms. The minimum atomic E-state index is -0.307. The van der Waals surface area contributed by atoms with Gasteiger partial charge in [0.1, 0.15) is 6.04 Å². The lowest BCUT2D eigenvalue weighted by molar-refractivity contribution is 0.0593. The summed E-state index contributed by atoms with van der Waals surface area (Å²) in [7, 11) is 0. The van der Waals surface area contributed by atoms with E-state index in [9.17, 15) is 4.79 Å². The maximum absolute atomic E-state index is 13.6. The van der Waals surface area contributed by atoms with Crippen molar-refractivity contribution < 1.29 is 4.74 Å². The minimum Gasteiger partial charge on any atom is -0.376 e. The molecule has 9 nitrogen and oxygen atoms in total. The van der Waals surface area contributed by atoms with Crippen molar-refractivity contribution in [2.24, 2.45) is 0 Å². The number of tetrazole rings is 1. The lowest BCUT2D eigenvalue weighted by atomic mass is 9.93. The van der Waals surface area contributed by atoms with Gasteiger partial charge in [-0.3, -0.25) is 14.6 Å². The monoisotopic (exact) mass is 505 g/mol. The molecule has 0 spiro atoms. The number of piperazine rings is 1. The Morgan fingerprint density at radius 2 is 1.84 bits per heavy atom. The number of nitrogens with one attached hydrogen (secondary N) is 1. The first-order valence-corrected chi connectivity index (χ1v) is 14.1. The van der Waals surface area contributed by atoms with Crippen LogP contribution in [0.25, 0.3) is 10.9 Å². The van der Waals surface area contributed by atoms with Crippen molar-refractivity contribution in [1.82, 2.24) is 35.0 Å². The standard InChI is InChI=1S/C28H39N7O2/c1-19-15-20(2)25-21(16-19)17-24(28(36)29-25)26(27-30-31-32-35(27)18-23-9-6-14-37-23)34-12-10-33(11-13-34)22-7-4-3-5-8-22/h15-17,22-23,26H,3-14,18H2,1-2H3,(H,29,36)/t23-,26-/m0/s1. The lowest BCUT2D eigenvalue weighted by Crippen LogP contribution is -2.52.